The standard InChI is InChI=1S/C17H14ClNO2/c1-20-16-8-3-12(10-17(16)21-2)9-14(11-19)13-4-6-15(18)7-5-13/h3-10H,1-2H3. The zero-order valence-electron chi connectivity index (χ0n) is 11.8. The fourth-order valence-corrected chi connectivity index (χ4v) is 2.04. The molecule has 106 valence electrons. The van der Waals surface area contributed by atoms with E-state index >= 15 is 0 Å². The van der Waals surface area contributed by atoms with E-state index in [4.69, 9.17) is 21.1 Å². The van der Waals surface area contributed by atoms with Crippen molar-refractivity contribution in [2.24, 2.45) is 0 Å². The first kappa shape index (κ1) is 15.0. The van der Waals surface area contributed by atoms with Gasteiger partial charge in [0.15, 0.2) is 11.5 Å². The third kappa shape index (κ3) is 3.56. The molecule has 2 aromatic carbocycles. The molecule has 0 saturated heterocycles. The van der Waals surface area contributed by atoms with Crippen molar-refractivity contribution in [3.05, 3.63) is 58.6 Å². The van der Waals surface area contributed by atoms with Crippen LogP contribution in [0.2, 0.25) is 5.02 Å². The summed E-state index contributed by atoms with van der Waals surface area (Å²) in [6.45, 7) is 0. The quantitative estimate of drug-likeness (QED) is 0.620. The second-order valence-corrected chi connectivity index (χ2v) is 4.73. The Labute approximate surface area is 129 Å². The Hall–Kier alpha value is -2.44. The summed E-state index contributed by atoms with van der Waals surface area (Å²) in [5.74, 6) is 1.28. The molecule has 0 saturated carbocycles. The van der Waals surface area contributed by atoms with Crippen molar-refractivity contribution in [2.75, 3.05) is 14.2 Å². The van der Waals surface area contributed by atoms with Gasteiger partial charge in [-0.05, 0) is 41.5 Å². The van der Waals surface area contributed by atoms with Crippen LogP contribution in [0.5, 0.6) is 11.5 Å². The SMILES string of the molecule is COc1ccc(C=C(C#N)c2ccc(Cl)cc2)cc1OC. The summed E-state index contributed by atoms with van der Waals surface area (Å²) in [5.41, 5.74) is 2.23. The number of benzene rings is 2. The minimum Gasteiger partial charge on any atom is -0.493 e. The Morgan fingerprint density at radius 1 is 1.05 bits per heavy atom. The summed E-state index contributed by atoms with van der Waals surface area (Å²) < 4.78 is 10.5. The molecule has 3 nitrogen and oxygen atoms in total. The summed E-state index contributed by atoms with van der Waals surface area (Å²) in [6, 6.07) is 14.9. The van der Waals surface area contributed by atoms with Gasteiger partial charge in [-0.15, -0.1) is 0 Å². The fraction of sp³-hybridized carbons (Fsp3) is 0.118. The third-order valence-electron chi connectivity index (χ3n) is 2.99. The summed E-state index contributed by atoms with van der Waals surface area (Å²) in [6.07, 6.45) is 1.80. The lowest BCUT2D eigenvalue weighted by atomic mass is 10.0. The van der Waals surface area contributed by atoms with E-state index in [0.29, 0.717) is 22.1 Å². The van der Waals surface area contributed by atoms with E-state index in [-0.39, 0.29) is 0 Å². The molecule has 0 fully saturated rings. The molecule has 0 spiro atoms. The van der Waals surface area contributed by atoms with Crippen LogP contribution < -0.4 is 9.47 Å². The van der Waals surface area contributed by atoms with Gasteiger partial charge in [-0.1, -0.05) is 29.8 Å². The molecule has 0 heterocycles. The van der Waals surface area contributed by atoms with Gasteiger partial charge < -0.3 is 9.47 Å². The van der Waals surface area contributed by atoms with Crippen LogP contribution >= 0.6 is 11.6 Å². The van der Waals surface area contributed by atoms with Crippen LogP contribution in [-0.2, 0) is 0 Å². The molecule has 4 heteroatoms. The highest BCUT2D eigenvalue weighted by Gasteiger charge is 2.05. The number of nitrogens with zero attached hydrogens (tertiary/aromatic N) is 1. The lowest BCUT2D eigenvalue weighted by Crippen LogP contribution is -1.90. The van der Waals surface area contributed by atoms with Crippen LogP contribution in [0.3, 0.4) is 0 Å². The minimum absolute atomic E-state index is 0.555. The zero-order chi connectivity index (χ0) is 15.2. The average molecular weight is 300 g/mol. The maximum atomic E-state index is 9.33. The molecule has 0 amide bonds. The molecule has 0 aromatic heterocycles. The lowest BCUT2D eigenvalue weighted by molar-refractivity contribution is 0.355. The predicted molar refractivity (Wildman–Crippen MR) is 84.5 cm³/mol. The van der Waals surface area contributed by atoms with E-state index in [9.17, 15) is 5.26 Å². The topological polar surface area (TPSA) is 42.2 Å². The normalized spacial score (nSPS) is 10.9. The predicted octanol–water partition coefficient (Wildman–Crippen LogP) is 4.42. The second-order valence-electron chi connectivity index (χ2n) is 4.29. The van der Waals surface area contributed by atoms with Crippen molar-refractivity contribution in [3.63, 3.8) is 0 Å². The molecule has 0 aliphatic heterocycles. The first-order valence-electron chi connectivity index (χ1n) is 6.27. The van der Waals surface area contributed by atoms with Gasteiger partial charge in [0, 0.05) is 5.02 Å². The van der Waals surface area contributed by atoms with E-state index in [1.807, 2.05) is 30.3 Å². The number of methoxy groups -OCH3 is 2. The summed E-state index contributed by atoms with van der Waals surface area (Å²) in [7, 11) is 3.16. The van der Waals surface area contributed by atoms with Gasteiger partial charge in [-0.3, -0.25) is 0 Å². The van der Waals surface area contributed by atoms with Crippen LogP contribution in [0.1, 0.15) is 11.1 Å². The smallest absolute Gasteiger partial charge is 0.161 e. The fourth-order valence-electron chi connectivity index (χ4n) is 1.92. The van der Waals surface area contributed by atoms with Crippen LogP contribution in [0.15, 0.2) is 42.5 Å². The molecule has 0 atom stereocenters. The molecule has 0 unspecified atom stereocenters. The van der Waals surface area contributed by atoms with Crippen LogP contribution in [0.25, 0.3) is 11.6 Å². The molecule has 0 bridgehead atoms. The maximum absolute atomic E-state index is 9.33. The van der Waals surface area contributed by atoms with Crippen LogP contribution in [0, 0.1) is 11.3 Å². The Morgan fingerprint density at radius 2 is 1.71 bits per heavy atom. The Kier molecular flexibility index (Phi) is 4.86. The lowest BCUT2D eigenvalue weighted by Gasteiger charge is -2.08. The first-order chi connectivity index (χ1) is 10.2. The highest BCUT2D eigenvalue weighted by molar-refractivity contribution is 6.30. The highest BCUT2D eigenvalue weighted by Crippen LogP contribution is 2.29. The largest absolute Gasteiger partial charge is 0.493 e. The van der Waals surface area contributed by atoms with Crippen molar-refractivity contribution < 1.29 is 9.47 Å². The van der Waals surface area contributed by atoms with E-state index in [2.05, 4.69) is 6.07 Å². The van der Waals surface area contributed by atoms with Gasteiger partial charge in [0.05, 0.1) is 25.9 Å². The van der Waals surface area contributed by atoms with E-state index < -0.39 is 0 Å². The van der Waals surface area contributed by atoms with E-state index in [1.54, 1.807) is 32.4 Å². The number of nitriles is 1. The van der Waals surface area contributed by atoms with E-state index in [1.165, 1.54) is 0 Å². The average Bonchev–Trinajstić information content (AvgIpc) is 2.53. The first-order valence-corrected chi connectivity index (χ1v) is 6.65. The highest BCUT2D eigenvalue weighted by atomic mass is 35.5. The molecular weight excluding hydrogens is 286 g/mol. The monoisotopic (exact) mass is 299 g/mol. The molecule has 21 heavy (non-hydrogen) atoms. The van der Waals surface area contributed by atoms with Crippen LogP contribution in [0.4, 0.5) is 0 Å². The maximum Gasteiger partial charge on any atom is 0.161 e. The van der Waals surface area contributed by atoms with Gasteiger partial charge in [0.1, 0.15) is 0 Å². The third-order valence-corrected chi connectivity index (χ3v) is 3.25. The molecule has 0 radical (unpaired) electrons. The number of hydrogen-bond donors (Lipinski definition) is 0. The van der Waals surface area contributed by atoms with Crippen molar-refractivity contribution in [1.29, 1.82) is 5.26 Å². The Bertz CT molecular complexity index is 700. The van der Waals surface area contributed by atoms with E-state index in [0.717, 1.165) is 11.1 Å². The number of halogens is 1. The molecule has 2 aromatic rings. The van der Waals surface area contributed by atoms with Gasteiger partial charge in [-0.25, -0.2) is 0 Å². The van der Waals surface area contributed by atoms with Crippen molar-refractivity contribution >= 4 is 23.3 Å². The number of hydrogen-bond acceptors (Lipinski definition) is 3. The minimum atomic E-state index is 0.555. The van der Waals surface area contributed by atoms with Crippen molar-refractivity contribution in [2.45, 2.75) is 0 Å². The summed E-state index contributed by atoms with van der Waals surface area (Å²) >= 11 is 5.86. The molecular formula is C17H14ClNO2. The number of rotatable bonds is 4. The van der Waals surface area contributed by atoms with Crippen LogP contribution in [-0.4, -0.2) is 14.2 Å². The Balaban J connectivity index is 2.41. The zero-order valence-corrected chi connectivity index (χ0v) is 12.5. The molecule has 0 aliphatic carbocycles. The molecule has 2 rings (SSSR count). The number of ether oxygens (including phenoxy) is 2. The van der Waals surface area contributed by atoms with Crippen molar-refractivity contribution in [3.8, 4) is 17.6 Å². The van der Waals surface area contributed by atoms with Gasteiger partial charge in [0.2, 0.25) is 0 Å². The Morgan fingerprint density at radius 3 is 2.29 bits per heavy atom. The van der Waals surface area contributed by atoms with Crippen molar-refractivity contribution in [1.82, 2.24) is 0 Å². The number of allylic oxidation sites excluding steroid dienone is 1. The summed E-state index contributed by atoms with van der Waals surface area (Å²) in [5, 5.41) is 9.97. The second kappa shape index (κ2) is 6.83. The van der Waals surface area contributed by atoms with Gasteiger partial charge in [-0.2, -0.15) is 5.26 Å². The molecule has 0 aliphatic rings. The molecule has 0 N–H and O–H groups in total. The van der Waals surface area contributed by atoms with Gasteiger partial charge >= 0.3 is 0 Å². The van der Waals surface area contributed by atoms with Gasteiger partial charge in [0.25, 0.3) is 0 Å². The summed E-state index contributed by atoms with van der Waals surface area (Å²) in [4.78, 5) is 0.